The second kappa shape index (κ2) is 5.81. The van der Waals surface area contributed by atoms with E-state index in [2.05, 4.69) is 46.1 Å². The summed E-state index contributed by atoms with van der Waals surface area (Å²) < 4.78 is 0.884. The number of halogens is 1. The van der Waals surface area contributed by atoms with E-state index in [9.17, 15) is 4.79 Å². The summed E-state index contributed by atoms with van der Waals surface area (Å²) in [4.78, 5) is 13.7. The summed E-state index contributed by atoms with van der Waals surface area (Å²) in [5.41, 5.74) is 8.35. The van der Waals surface area contributed by atoms with Crippen LogP contribution in [0.2, 0.25) is 0 Å². The predicted molar refractivity (Wildman–Crippen MR) is 82.4 cm³/mol. The lowest BCUT2D eigenvalue weighted by atomic mass is 10.1. The Kier molecular flexibility index (Phi) is 4.31. The highest BCUT2D eigenvalue weighted by Crippen LogP contribution is 2.38. The zero-order chi connectivity index (χ0) is 14.9. The van der Waals surface area contributed by atoms with E-state index in [4.69, 9.17) is 11.0 Å². The van der Waals surface area contributed by atoms with Gasteiger partial charge in [0.05, 0.1) is 18.2 Å². The Labute approximate surface area is 126 Å². The molecule has 1 aromatic rings. The molecular formula is C14H17BrN4O. The molecule has 2 rings (SSSR count). The Morgan fingerprint density at radius 1 is 1.55 bits per heavy atom. The van der Waals surface area contributed by atoms with Crippen LogP contribution < -0.4 is 16.0 Å². The first-order valence-electron chi connectivity index (χ1n) is 6.49. The van der Waals surface area contributed by atoms with Crippen molar-refractivity contribution in [1.82, 2.24) is 0 Å². The van der Waals surface area contributed by atoms with Crippen LogP contribution in [0.3, 0.4) is 0 Å². The minimum Gasteiger partial charge on any atom is -0.367 e. The van der Waals surface area contributed by atoms with Crippen LogP contribution in [0.1, 0.15) is 31.9 Å². The Morgan fingerprint density at radius 3 is 2.85 bits per heavy atom. The predicted octanol–water partition coefficient (Wildman–Crippen LogP) is 2.53. The van der Waals surface area contributed by atoms with Crippen LogP contribution in [0.4, 0.5) is 11.4 Å². The number of hydrogen-bond acceptors (Lipinski definition) is 4. The molecule has 0 bridgehead atoms. The summed E-state index contributed by atoms with van der Waals surface area (Å²) in [7, 11) is 0. The van der Waals surface area contributed by atoms with E-state index in [1.165, 1.54) is 0 Å². The Morgan fingerprint density at radius 2 is 2.25 bits per heavy atom. The van der Waals surface area contributed by atoms with Gasteiger partial charge >= 0.3 is 0 Å². The smallest absolute Gasteiger partial charge is 0.245 e. The molecule has 1 aliphatic rings. The van der Waals surface area contributed by atoms with Gasteiger partial charge in [-0.15, -0.1) is 0 Å². The van der Waals surface area contributed by atoms with Crippen LogP contribution in [-0.4, -0.2) is 18.5 Å². The molecule has 20 heavy (non-hydrogen) atoms. The molecule has 1 atom stereocenters. The molecule has 0 saturated heterocycles. The van der Waals surface area contributed by atoms with Crippen molar-refractivity contribution in [3.05, 3.63) is 22.2 Å². The molecule has 0 radical (unpaired) electrons. The van der Waals surface area contributed by atoms with Crippen molar-refractivity contribution < 1.29 is 4.79 Å². The average molecular weight is 337 g/mol. The third kappa shape index (κ3) is 2.65. The first-order valence-corrected chi connectivity index (χ1v) is 7.28. The van der Waals surface area contributed by atoms with Gasteiger partial charge in [-0.3, -0.25) is 4.79 Å². The monoisotopic (exact) mass is 336 g/mol. The van der Waals surface area contributed by atoms with Gasteiger partial charge in [0.15, 0.2) is 0 Å². The number of carbonyl (C=O) groups excluding carboxylic acids is 1. The fourth-order valence-corrected chi connectivity index (χ4v) is 2.93. The quantitative estimate of drug-likeness (QED) is 0.885. The van der Waals surface area contributed by atoms with Gasteiger partial charge in [-0.1, -0.05) is 0 Å². The normalized spacial score (nSPS) is 16.8. The highest BCUT2D eigenvalue weighted by Gasteiger charge is 2.29. The number of nitrogens with two attached hydrogens (primary N) is 1. The first-order chi connectivity index (χ1) is 9.45. The molecular weight excluding hydrogens is 320 g/mol. The number of anilines is 2. The van der Waals surface area contributed by atoms with Gasteiger partial charge in [0.1, 0.15) is 6.04 Å². The third-order valence-electron chi connectivity index (χ3n) is 3.39. The van der Waals surface area contributed by atoms with Gasteiger partial charge in [0.2, 0.25) is 5.91 Å². The van der Waals surface area contributed by atoms with Gasteiger partial charge < -0.3 is 16.0 Å². The summed E-state index contributed by atoms with van der Waals surface area (Å²) in [5, 5.41) is 11.6. The highest BCUT2D eigenvalue weighted by atomic mass is 79.9. The number of amides is 1. The van der Waals surface area contributed by atoms with E-state index in [1.54, 1.807) is 0 Å². The van der Waals surface area contributed by atoms with Crippen molar-refractivity contribution in [3.8, 4) is 6.07 Å². The van der Waals surface area contributed by atoms with Crippen molar-refractivity contribution in [2.75, 3.05) is 16.8 Å². The van der Waals surface area contributed by atoms with E-state index in [-0.39, 0.29) is 11.9 Å². The molecule has 1 aliphatic heterocycles. The van der Waals surface area contributed by atoms with Crippen molar-refractivity contribution >= 4 is 33.2 Å². The summed E-state index contributed by atoms with van der Waals surface area (Å²) in [6.07, 6.45) is 0.452. The summed E-state index contributed by atoms with van der Waals surface area (Å²) in [5.74, 6) is -0.183. The fraction of sp³-hybridized carbons (Fsp3) is 0.429. The fourth-order valence-electron chi connectivity index (χ4n) is 2.34. The zero-order valence-electron chi connectivity index (χ0n) is 11.5. The van der Waals surface area contributed by atoms with Gasteiger partial charge in [-0.2, -0.15) is 5.26 Å². The highest BCUT2D eigenvalue weighted by molar-refractivity contribution is 9.10. The van der Waals surface area contributed by atoms with Crippen molar-refractivity contribution in [3.63, 3.8) is 0 Å². The number of carbonyl (C=O) groups is 1. The molecule has 1 aromatic carbocycles. The van der Waals surface area contributed by atoms with E-state index in [0.717, 1.165) is 21.4 Å². The largest absolute Gasteiger partial charge is 0.367 e. The summed E-state index contributed by atoms with van der Waals surface area (Å²) in [6, 6.07) is 5.61. The standard InChI is InChI=1S/C14H17BrN4O/c1-8(2)19(5-3-4-16)12-7-11-9(6-10(12)15)13(17)14(20)18-11/h6-8,13H,3,5,17H2,1-2H3,(H,18,20). The van der Waals surface area contributed by atoms with E-state index >= 15 is 0 Å². The minimum absolute atomic E-state index is 0.183. The topological polar surface area (TPSA) is 82.2 Å². The number of benzene rings is 1. The lowest BCUT2D eigenvalue weighted by molar-refractivity contribution is -0.116. The van der Waals surface area contributed by atoms with E-state index in [0.29, 0.717) is 13.0 Å². The van der Waals surface area contributed by atoms with Gasteiger partial charge in [-0.25, -0.2) is 0 Å². The van der Waals surface area contributed by atoms with E-state index < -0.39 is 6.04 Å². The summed E-state index contributed by atoms with van der Waals surface area (Å²) >= 11 is 3.54. The molecule has 5 nitrogen and oxygen atoms in total. The van der Waals surface area contributed by atoms with Crippen LogP contribution in [0, 0.1) is 11.3 Å². The number of hydrogen-bond donors (Lipinski definition) is 2. The van der Waals surface area contributed by atoms with Gasteiger partial charge in [0.25, 0.3) is 0 Å². The molecule has 0 aromatic heterocycles. The molecule has 1 unspecified atom stereocenters. The van der Waals surface area contributed by atoms with E-state index in [1.807, 2.05) is 12.1 Å². The van der Waals surface area contributed by atoms with Crippen LogP contribution in [0.15, 0.2) is 16.6 Å². The maximum atomic E-state index is 11.6. The number of fused-ring (bicyclic) bond motifs is 1. The number of nitrogens with one attached hydrogen (secondary N) is 1. The molecule has 0 saturated carbocycles. The number of nitriles is 1. The minimum atomic E-state index is -0.609. The molecule has 1 heterocycles. The van der Waals surface area contributed by atoms with Crippen molar-refractivity contribution in [1.29, 1.82) is 5.26 Å². The Hall–Kier alpha value is -1.58. The average Bonchev–Trinajstić information content (AvgIpc) is 2.66. The molecule has 3 N–H and O–H groups in total. The molecule has 0 aliphatic carbocycles. The second-order valence-electron chi connectivity index (χ2n) is 5.05. The van der Waals surface area contributed by atoms with Gasteiger partial charge in [-0.05, 0) is 41.9 Å². The number of rotatable bonds is 4. The molecule has 0 spiro atoms. The van der Waals surface area contributed by atoms with Crippen LogP contribution in [0.25, 0.3) is 0 Å². The second-order valence-corrected chi connectivity index (χ2v) is 5.91. The summed E-state index contributed by atoms with van der Waals surface area (Å²) in [6.45, 7) is 4.79. The number of nitrogens with zero attached hydrogens (tertiary/aromatic N) is 2. The third-order valence-corrected chi connectivity index (χ3v) is 4.03. The molecule has 0 fully saturated rings. The van der Waals surface area contributed by atoms with Crippen LogP contribution >= 0.6 is 15.9 Å². The van der Waals surface area contributed by atoms with Crippen molar-refractivity contribution in [2.24, 2.45) is 5.73 Å². The van der Waals surface area contributed by atoms with Crippen molar-refractivity contribution in [2.45, 2.75) is 32.4 Å². The maximum Gasteiger partial charge on any atom is 0.245 e. The Balaban J connectivity index is 2.40. The lowest BCUT2D eigenvalue weighted by Gasteiger charge is -2.29. The zero-order valence-corrected chi connectivity index (χ0v) is 13.1. The SMILES string of the molecule is CC(C)N(CCC#N)c1cc2c(cc1Br)C(N)C(=O)N2. The molecule has 1 amide bonds. The lowest BCUT2D eigenvalue weighted by Crippen LogP contribution is -2.32. The van der Waals surface area contributed by atoms with Gasteiger partial charge in [0, 0.05) is 28.3 Å². The maximum absolute atomic E-state index is 11.6. The van der Waals surface area contributed by atoms with Crippen LogP contribution in [-0.2, 0) is 4.79 Å². The van der Waals surface area contributed by atoms with Crippen LogP contribution in [0.5, 0.6) is 0 Å². The molecule has 6 heteroatoms. The Bertz CT molecular complexity index is 579. The first kappa shape index (κ1) is 14.8. The molecule has 106 valence electrons.